The molecule has 2 nitrogen and oxygen atoms in total. The van der Waals surface area contributed by atoms with Crippen LogP contribution in [0.25, 0.3) is 43.9 Å². The van der Waals surface area contributed by atoms with Crippen molar-refractivity contribution in [3.63, 3.8) is 0 Å². The van der Waals surface area contributed by atoms with Gasteiger partial charge in [0.25, 0.3) is 0 Å². The SMILES string of the molecule is CC(C)(C)c1ccc2oc3c(C(C)(C)Cc4ccc5c(oc6ccc(C(C)(C)C)cc65)c4C(C)(C)C)cccc3c2c1. The molecular formula is C40H46O2. The van der Waals surface area contributed by atoms with Crippen LogP contribution < -0.4 is 0 Å². The van der Waals surface area contributed by atoms with Crippen molar-refractivity contribution < 1.29 is 8.83 Å². The molecule has 4 aromatic carbocycles. The molecule has 0 unspecified atom stereocenters. The Morgan fingerprint density at radius 2 is 1.02 bits per heavy atom. The third-order valence-electron chi connectivity index (χ3n) is 9.07. The predicted octanol–water partition coefficient (Wildman–Crippen LogP) is 11.9. The maximum Gasteiger partial charge on any atom is 0.139 e. The lowest BCUT2D eigenvalue weighted by atomic mass is 9.74. The van der Waals surface area contributed by atoms with Crippen LogP contribution >= 0.6 is 0 Å². The van der Waals surface area contributed by atoms with Crippen LogP contribution in [0, 0.1) is 0 Å². The number of rotatable bonds is 3. The molecular weight excluding hydrogens is 512 g/mol. The quantitative estimate of drug-likeness (QED) is 0.216. The van der Waals surface area contributed by atoms with E-state index in [1.165, 1.54) is 49.4 Å². The average molecular weight is 559 g/mol. The zero-order valence-electron chi connectivity index (χ0n) is 27.4. The molecule has 0 aliphatic heterocycles. The van der Waals surface area contributed by atoms with E-state index < -0.39 is 0 Å². The largest absolute Gasteiger partial charge is 0.456 e. The lowest BCUT2D eigenvalue weighted by molar-refractivity contribution is 0.500. The fourth-order valence-electron chi connectivity index (χ4n) is 6.69. The standard InChI is InChI=1S/C40H46O2/c1-37(2,3)25-16-19-32-29(21-25)27-13-12-14-31(35(27)41-32)40(10,11)23-24-15-18-28-30-22-26(38(4,5)6)17-20-33(30)42-36(28)34(24)39(7,8)9/h12-22H,23H2,1-11H3. The normalized spacial score (nSPS) is 13.7. The number of para-hydroxylation sites is 1. The van der Waals surface area contributed by atoms with Gasteiger partial charge in [0.1, 0.15) is 22.3 Å². The van der Waals surface area contributed by atoms with Gasteiger partial charge in [-0.1, -0.05) is 119 Å². The highest BCUT2D eigenvalue weighted by molar-refractivity contribution is 6.07. The number of furan rings is 2. The highest BCUT2D eigenvalue weighted by Gasteiger charge is 2.31. The zero-order valence-corrected chi connectivity index (χ0v) is 27.4. The molecule has 0 N–H and O–H groups in total. The molecule has 2 heterocycles. The first-order valence-corrected chi connectivity index (χ1v) is 15.4. The molecule has 0 aliphatic rings. The van der Waals surface area contributed by atoms with E-state index >= 15 is 0 Å². The van der Waals surface area contributed by atoms with Crippen molar-refractivity contribution in [1.82, 2.24) is 0 Å². The minimum atomic E-state index is -0.167. The summed E-state index contributed by atoms with van der Waals surface area (Å²) >= 11 is 0. The van der Waals surface area contributed by atoms with Gasteiger partial charge in [0.15, 0.2) is 0 Å². The second-order valence-corrected chi connectivity index (χ2v) is 16.1. The molecule has 0 saturated carbocycles. The van der Waals surface area contributed by atoms with E-state index in [1.54, 1.807) is 0 Å². The molecule has 0 saturated heterocycles. The Morgan fingerprint density at radius 1 is 0.500 bits per heavy atom. The van der Waals surface area contributed by atoms with Crippen LogP contribution in [-0.2, 0) is 28.1 Å². The van der Waals surface area contributed by atoms with E-state index in [1.807, 2.05) is 0 Å². The summed E-state index contributed by atoms with van der Waals surface area (Å²) in [5.41, 5.74) is 10.4. The first-order valence-electron chi connectivity index (χ1n) is 15.4. The van der Waals surface area contributed by atoms with E-state index in [0.717, 1.165) is 28.8 Å². The third-order valence-corrected chi connectivity index (χ3v) is 9.07. The maximum absolute atomic E-state index is 6.67. The molecule has 0 spiro atoms. The van der Waals surface area contributed by atoms with Crippen LogP contribution in [0.3, 0.4) is 0 Å². The molecule has 0 bridgehead atoms. The second-order valence-electron chi connectivity index (χ2n) is 16.1. The minimum absolute atomic E-state index is 0.0830. The van der Waals surface area contributed by atoms with E-state index in [-0.39, 0.29) is 21.7 Å². The van der Waals surface area contributed by atoms with Crippen LogP contribution in [-0.4, -0.2) is 0 Å². The highest BCUT2D eigenvalue weighted by atomic mass is 16.3. The van der Waals surface area contributed by atoms with Gasteiger partial charge in [0.05, 0.1) is 0 Å². The Hall–Kier alpha value is -3.52. The van der Waals surface area contributed by atoms with Crippen LogP contribution in [0.15, 0.2) is 75.6 Å². The van der Waals surface area contributed by atoms with Crippen LogP contribution in [0.5, 0.6) is 0 Å². The molecule has 0 aliphatic carbocycles. The van der Waals surface area contributed by atoms with E-state index in [0.29, 0.717) is 0 Å². The Labute approximate surface area is 251 Å². The minimum Gasteiger partial charge on any atom is -0.456 e. The summed E-state index contributed by atoms with van der Waals surface area (Å²) in [4.78, 5) is 0. The highest BCUT2D eigenvalue weighted by Crippen LogP contribution is 2.44. The first kappa shape index (κ1) is 28.6. The maximum atomic E-state index is 6.67. The van der Waals surface area contributed by atoms with Gasteiger partial charge in [-0.05, 0) is 69.0 Å². The third kappa shape index (κ3) is 4.74. The van der Waals surface area contributed by atoms with Gasteiger partial charge in [-0.15, -0.1) is 0 Å². The van der Waals surface area contributed by atoms with Crippen molar-refractivity contribution in [3.8, 4) is 0 Å². The van der Waals surface area contributed by atoms with Gasteiger partial charge in [-0.3, -0.25) is 0 Å². The Balaban J connectivity index is 1.50. The monoisotopic (exact) mass is 558 g/mol. The van der Waals surface area contributed by atoms with Crippen molar-refractivity contribution >= 4 is 43.9 Å². The predicted molar refractivity (Wildman–Crippen MR) is 180 cm³/mol. The van der Waals surface area contributed by atoms with Gasteiger partial charge < -0.3 is 8.83 Å². The van der Waals surface area contributed by atoms with Gasteiger partial charge in [0.2, 0.25) is 0 Å². The summed E-state index contributed by atoms with van der Waals surface area (Å²) in [7, 11) is 0. The van der Waals surface area contributed by atoms with Crippen molar-refractivity contribution in [2.24, 2.45) is 0 Å². The first-order chi connectivity index (χ1) is 19.4. The summed E-state index contributed by atoms with van der Waals surface area (Å²) in [6.45, 7) is 25.2. The smallest absolute Gasteiger partial charge is 0.139 e. The zero-order chi connectivity index (χ0) is 30.4. The lowest BCUT2D eigenvalue weighted by Gasteiger charge is -2.30. The fraction of sp³-hybridized carbons (Fsp3) is 0.400. The Kier molecular flexibility index (Phi) is 6.29. The summed E-state index contributed by atoms with van der Waals surface area (Å²) in [6, 6.07) is 24.6. The number of fused-ring (bicyclic) bond motifs is 6. The van der Waals surface area contributed by atoms with Crippen molar-refractivity contribution in [2.75, 3.05) is 0 Å². The molecule has 2 heteroatoms. The average Bonchev–Trinajstić information content (AvgIpc) is 3.43. The summed E-state index contributed by atoms with van der Waals surface area (Å²) in [6.07, 6.45) is 0.878. The second kappa shape index (κ2) is 9.24. The molecule has 0 radical (unpaired) electrons. The molecule has 6 rings (SSSR count). The molecule has 42 heavy (non-hydrogen) atoms. The van der Waals surface area contributed by atoms with Crippen molar-refractivity contribution in [2.45, 2.75) is 104 Å². The van der Waals surface area contributed by atoms with Gasteiger partial charge in [-0.25, -0.2) is 0 Å². The van der Waals surface area contributed by atoms with Crippen LogP contribution in [0.2, 0.25) is 0 Å². The number of hydrogen-bond donors (Lipinski definition) is 0. The topological polar surface area (TPSA) is 26.3 Å². The Morgan fingerprint density at radius 3 is 1.55 bits per heavy atom. The summed E-state index contributed by atoms with van der Waals surface area (Å²) < 4.78 is 13.3. The molecule has 218 valence electrons. The van der Waals surface area contributed by atoms with Crippen molar-refractivity contribution in [1.29, 1.82) is 0 Å². The van der Waals surface area contributed by atoms with Crippen LogP contribution in [0.1, 0.15) is 104 Å². The van der Waals surface area contributed by atoms with Crippen molar-refractivity contribution in [3.05, 3.63) is 94.5 Å². The van der Waals surface area contributed by atoms with Gasteiger partial charge in [-0.2, -0.15) is 0 Å². The summed E-state index contributed by atoms with van der Waals surface area (Å²) in [5, 5.41) is 4.80. The van der Waals surface area contributed by atoms with Crippen LogP contribution in [0.4, 0.5) is 0 Å². The fourth-order valence-corrected chi connectivity index (χ4v) is 6.69. The Bertz CT molecular complexity index is 1970. The molecule has 6 aromatic rings. The van der Waals surface area contributed by atoms with Gasteiger partial charge in [0, 0.05) is 32.7 Å². The van der Waals surface area contributed by atoms with Gasteiger partial charge >= 0.3 is 0 Å². The number of hydrogen-bond acceptors (Lipinski definition) is 2. The summed E-state index contributed by atoms with van der Waals surface area (Å²) in [5.74, 6) is 0. The molecule has 0 fully saturated rings. The van der Waals surface area contributed by atoms with E-state index in [9.17, 15) is 0 Å². The van der Waals surface area contributed by atoms with E-state index in [2.05, 4.69) is 143 Å². The lowest BCUT2D eigenvalue weighted by Crippen LogP contribution is -2.24. The molecule has 2 aromatic heterocycles. The molecule has 0 amide bonds. The van der Waals surface area contributed by atoms with E-state index in [4.69, 9.17) is 8.83 Å². The number of benzene rings is 4. The molecule has 0 atom stereocenters.